The highest BCUT2D eigenvalue weighted by Crippen LogP contribution is 2.20. The molecule has 0 amide bonds. The van der Waals surface area contributed by atoms with E-state index in [1.54, 1.807) is 0 Å². The summed E-state index contributed by atoms with van der Waals surface area (Å²) in [6.07, 6.45) is 1.01. The Kier molecular flexibility index (Phi) is 12.7. The smallest absolute Gasteiger partial charge is 0.191 e. The molecule has 0 aromatic heterocycles. The Balaban J connectivity index is 0.00000450. The van der Waals surface area contributed by atoms with Crippen LogP contribution in [0, 0.1) is 12.8 Å². The molecule has 0 saturated carbocycles. The summed E-state index contributed by atoms with van der Waals surface area (Å²) in [6, 6.07) is 6.89. The number of hydrogen-bond donors (Lipinski definition) is 2. The summed E-state index contributed by atoms with van der Waals surface area (Å²) in [5.41, 5.74) is 2.38. The molecule has 1 aromatic carbocycles. The van der Waals surface area contributed by atoms with Crippen LogP contribution in [0.3, 0.4) is 0 Å². The molecule has 1 atom stereocenters. The summed E-state index contributed by atoms with van der Waals surface area (Å²) in [6.45, 7) is 15.7. The Labute approximate surface area is 200 Å². The maximum absolute atomic E-state index is 5.94. The number of hydrogen-bond acceptors (Lipinski definition) is 4. The van der Waals surface area contributed by atoms with Gasteiger partial charge < -0.3 is 20.3 Å². The van der Waals surface area contributed by atoms with Gasteiger partial charge in [-0.3, -0.25) is 9.89 Å². The predicted molar refractivity (Wildman–Crippen MR) is 138 cm³/mol. The number of aryl methyl sites for hydroxylation is 1. The molecule has 0 radical (unpaired) electrons. The van der Waals surface area contributed by atoms with Crippen molar-refractivity contribution in [3.63, 3.8) is 0 Å². The van der Waals surface area contributed by atoms with E-state index in [0.29, 0.717) is 18.5 Å². The van der Waals surface area contributed by atoms with E-state index in [2.05, 4.69) is 78.4 Å². The molecular weight excluding hydrogens is 489 g/mol. The van der Waals surface area contributed by atoms with Gasteiger partial charge in [0.2, 0.25) is 0 Å². The first kappa shape index (κ1) is 27.0. The third-order valence-electron chi connectivity index (χ3n) is 5.61. The van der Waals surface area contributed by atoms with Crippen LogP contribution in [0.5, 0.6) is 5.75 Å². The van der Waals surface area contributed by atoms with Gasteiger partial charge in [-0.15, -0.1) is 24.0 Å². The van der Waals surface area contributed by atoms with E-state index in [0.717, 1.165) is 63.0 Å². The molecule has 1 unspecified atom stereocenters. The number of rotatable bonds is 9. The normalized spacial score (nSPS) is 16.8. The molecule has 0 spiro atoms. The number of ether oxygens (including phenoxy) is 1. The fourth-order valence-corrected chi connectivity index (χ4v) is 3.69. The summed E-state index contributed by atoms with van der Waals surface area (Å²) in [5.74, 6) is 2.40. The lowest BCUT2D eigenvalue weighted by atomic mass is 10.0. The Morgan fingerprint density at radius 3 is 2.47 bits per heavy atom. The molecule has 0 bridgehead atoms. The van der Waals surface area contributed by atoms with Crippen molar-refractivity contribution >= 4 is 29.9 Å². The standard InChI is InChI=1S/C23H41N5O.HI/c1-7-14-29-22-15-19(4)8-9-20(22)16-25-23(24-5)26-17-21(18(2)3)28-12-10-27(6)11-13-28;/h8-9,15,18,21H,7,10-14,16-17H2,1-6H3,(H2,24,25,26);1H. The lowest BCUT2D eigenvalue weighted by molar-refractivity contribution is 0.0900. The number of halogens is 1. The van der Waals surface area contributed by atoms with Crippen LogP contribution in [0.15, 0.2) is 23.2 Å². The summed E-state index contributed by atoms with van der Waals surface area (Å²) in [7, 11) is 4.04. The Bertz CT molecular complexity index is 644. The summed E-state index contributed by atoms with van der Waals surface area (Å²) >= 11 is 0. The molecule has 7 heteroatoms. The van der Waals surface area contributed by atoms with E-state index >= 15 is 0 Å². The molecular formula is C23H42IN5O. The zero-order valence-electron chi connectivity index (χ0n) is 19.7. The molecule has 1 aromatic rings. The Morgan fingerprint density at radius 2 is 1.87 bits per heavy atom. The van der Waals surface area contributed by atoms with E-state index in [-0.39, 0.29) is 24.0 Å². The average Bonchev–Trinajstić information content (AvgIpc) is 2.70. The van der Waals surface area contributed by atoms with Crippen molar-refractivity contribution in [2.75, 3.05) is 53.4 Å². The lowest BCUT2D eigenvalue weighted by Gasteiger charge is -2.40. The molecule has 1 saturated heterocycles. The zero-order valence-corrected chi connectivity index (χ0v) is 22.0. The zero-order chi connectivity index (χ0) is 21.2. The first-order valence-corrected chi connectivity index (χ1v) is 11.0. The lowest BCUT2D eigenvalue weighted by Crippen LogP contribution is -2.55. The summed E-state index contributed by atoms with van der Waals surface area (Å²) in [4.78, 5) is 9.44. The second-order valence-electron chi connectivity index (χ2n) is 8.42. The average molecular weight is 532 g/mol. The largest absolute Gasteiger partial charge is 0.493 e. The van der Waals surface area contributed by atoms with Gasteiger partial charge >= 0.3 is 0 Å². The topological polar surface area (TPSA) is 52.1 Å². The van der Waals surface area contributed by atoms with Gasteiger partial charge in [0, 0.05) is 57.9 Å². The van der Waals surface area contributed by atoms with Gasteiger partial charge in [-0.05, 0) is 37.9 Å². The third kappa shape index (κ3) is 8.59. The van der Waals surface area contributed by atoms with Gasteiger partial charge in [0.1, 0.15) is 5.75 Å². The van der Waals surface area contributed by atoms with Gasteiger partial charge in [-0.2, -0.15) is 0 Å². The molecule has 6 nitrogen and oxygen atoms in total. The van der Waals surface area contributed by atoms with E-state index < -0.39 is 0 Å². The number of piperazine rings is 1. The van der Waals surface area contributed by atoms with Gasteiger partial charge in [0.05, 0.1) is 6.61 Å². The van der Waals surface area contributed by atoms with Crippen molar-refractivity contribution in [3.8, 4) is 5.75 Å². The molecule has 2 N–H and O–H groups in total. The maximum atomic E-state index is 5.94. The SMILES string of the molecule is CCCOc1cc(C)ccc1CNC(=NC)NCC(C(C)C)N1CCN(C)CC1.I. The quantitative estimate of drug-likeness (QED) is 0.291. The van der Waals surface area contributed by atoms with Crippen molar-refractivity contribution in [2.45, 2.75) is 46.7 Å². The number of aliphatic imine (C=N–C) groups is 1. The van der Waals surface area contributed by atoms with E-state index in [1.165, 1.54) is 5.56 Å². The van der Waals surface area contributed by atoms with Gasteiger partial charge in [0.25, 0.3) is 0 Å². The monoisotopic (exact) mass is 531 g/mol. The van der Waals surface area contributed by atoms with Crippen molar-refractivity contribution in [3.05, 3.63) is 29.3 Å². The van der Waals surface area contributed by atoms with Crippen LogP contribution < -0.4 is 15.4 Å². The van der Waals surface area contributed by atoms with Crippen molar-refractivity contribution < 1.29 is 4.74 Å². The number of guanidine groups is 1. The molecule has 30 heavy (non-hydrogen) atoms. The summed E-state index contributed by atoms with van der Waals surface area (Å²) in [5, 5.41) is 7.00. The first-order valence-electron chi connectivity index (χ1n) is 11.0. The van der Waals surface area contributed by atoms with Crippen LogP contribution in [-0.4, -0.2) is 75.2 Å². The highest BCUT2D eigenvalue weighted by Gasteiger charge is 2.25. The van der Waals surface area contributed by atoms with Gasteiger partial charge in [-0.25, -0.2) is 0 Å². The van der Waals surface area contributed by atoms with Crippen LogP contribution in [-0.2, 0) is 6.54 Å². The highest BCUT2D eigenvalue weighted by atomic mass is 127. The first-order chi connectivity index (χ1) is 13.9. The highest BCUT2D eigenvalue weighted by molar-refractivity contribution is 14.0. The molecule has 172 valence electrons. The fourth-order valence-electron chi connectivity index (χ4n) is 3.69. The molecule has 1 fully saturated rings. The van der Waals surface area contributed by atoms with Crippen LogP contribution in [0.2, 0.25) is 0 Å². The molecule has 0 aliphatic carbocycles. The Hall–Kier alpha value is -1.06. The number of nitrogens with zero attached hydrogens (tertiary/aromatic N) is 3. The molecule has 1 heterocycles. The molecule has 2 rings (SSSR count). The summed E-state index contributed by atoms with van der Waals surface area (Å²) < 4.78 is 5.94. The third-order valence-corrected chi connectivity index (χ3v) is 5.61. The minimum Gasteiger partial charge on any atom is -0.493 e. The van der Waals surface area contributed by atoms with E-state index in [1.807, 2.05) is 7.05 Å². The maximum Gasteiger partial charge on any atom is 0.191 e. The van der Waals surface area contributed by atoms with Crippen molar-refractivity contribution in [2.24, 2.45) is 10.9 Å². The fraction of sp³-hybridized carbons (Fsp3) is 0.696. The number of likely N-dealkylation sites (N-methyl/N-ethyl adjacent to an activating group) is 1. The minimum atomic E-state index is 0. The second kappa shape index (κ2) is 14.1. The van der Waals surface area contributed by atoms with Crippen LogP contribution in [0.1, 0.15) is 38.3 Å². The Morgan fingerprint density at radius 1 is 1.17 bits per heavy atom. The van der Waals surface area contributed by atoms with Crippen LogP contribution in [0.4, 0.5) is 0 Å². The van der Waals surface area contributed by atoms with E-state index in [4.69, 9.17) is 4.74 Å². The number of benzene rings is 1. The molecule has 1 aliphatic heterocycles. The van der Waals surface area contributed by atoms with Gasteiger partial charge in [-0.1, -0.05) is 32.9 Å². The molecule has 1 aliphatic rings. The van der Waals surface area contributed by atoms with Crippen molar-refractivity contribution in [1.82, 2.24) is 20.4 Å². The van der Waals surface area contributed by atoms with Crippen LogP contribution in [0.25, 0.3) is 0 Å². The number of nitrogens with one attached hydrogen (secondary N) is 2. The second-order valence-corrected chi connectivity index (χ2v) is 8.42. The van der Waals surface area contributed by atoms with Crippen molar-refractivity contribution in [1.29, 1.82) is 0 Å². The predicted octanol–water partition coefficient (Wildman–Crippen LogP) is 3.34. The minimum absolute atomic E-state index is 0. The van der Waals surface area contributed by atoms with E-state index in [9.17, 15) is 0 Å². The van der Waals surface area contributed by atoms with Crippen LogP contribution >= 0.6 is 24.0 Å². The van der Waals surface area contributed by atoms with Gasteiger partial charge in [0.15, 0.2) is 5.96 Å².